The van der Waals surface area contributed by atoms with Gasteiger partial charge in [0.1, 0.15) is 5.76 Å². The molecule has 3 nitrogen and oxygen atoms in total. The number of fused-ring (bicyclic) bond motifs is 1. The third-order valence-corrected chi connectivity index (χ3v) is 3.16. The summed E-state index contributed by atoms with van der Waals surface area (Å²) in [6, 6.07) is 9.90. The highest BCUT2D eigenvalue weighted by Crippen LogP contribution is 2.27. The minimum absolute atomic E-state index is 0.185. The van der Waals surface area contributed by atoms with Crippen molar-refractivity contribution in [3.63, 3.8) is 0 Å². The lowest BCUT2D eigenvalue weighted by atomic mass is 9.97. The second kappa shape index (κ2) is 4.27. The summed E-state index contributed by atoms with van der Waals surface area (Å²) in [6.45, 7) is 1.92. The van der Waals surface area contributed by atoms with Crippen molar-refractivity contribution in [3.8, 4) is 0 Å². The molecule has 0 amide bonds. The molecule has 3 rings (SSSR count). The Balaban J connectivity index is 2.14. The second-order valence-electron chi connectivity index (χ2n) is 4.41. The lowest BCUT2D eigenvalue weighted by Gasteiger charge is -2.12. The first-order chi connectivity index (χ1) is 8.75. The SMILES string of the molecule is Cc1cc(C(N)c2cccc3ccncc23)co1. The molecular formula is C15H14N2O. The van der Waals surface area contributed by atoms with Gasteiger partial charge in [-0.05, 0) is 30.0 Å². The average Bonchev–Trinajstić information content (AvgIpc) is 2.84. The molecule has 0 aliphatic rings. The first kappa shape index (κ1) is 11.0. The lowest BCUT2D eigenvalue weighted by Crippen LogP contribution is -2.11. The fourth-order valence-corrected chi connectivity index (χ4v) is 2.21. The Morgan fingerprint density at radius 1 is 1.28 bits per heavy atom. The van der Waals surface area contributed by atoms with Crippen molar-refractivity contribution in [3.05, 3.63) is 65.9 Å². The van der Waals surface area contributed by atoms with E-state index in [-0.39, 0.29) is 6.04 Å². The van der Waals surface area contributed by atoms with Crippen LogP contribution >= 0.6 is 0 Å². The topological polar surface area (TPSA) is 52.0 Å². The molecule has 3 heteroatoms. The maximum Gasteiger partial charge on any atom is 0.101 e. The zero-order valence-corrected chi connectivity index (χ0v) is 10.1. The smallest absolute Gasteiger partial charge is 0.101 e. The number of aryl methyl sites for hydroxylation is 1. The number of benzene rings is 1. The van der Waals surface area contributed by atoms with Gasteiger partial charge < -0.3 is 10.2 Å². The molecule has 18 heavy (non-hydrogen) atoms. The summed E-state index contributed by atoms with van der Waals surface area (Å²) in [4.78, 5) is 4.18. The molecule has 1 atom stereocenters. The van der Waals surface area contributed by atoms with Crippen molar-refractivity contribution in [1.29, 1.82) is 0 Å². The Kier molecular flexibility index (Phi) is 2.61. The third kappa shape index (κ3) is 1.79. The summed E-state index contributed by atoms with van der Waals surface area (Å²) in [5.74, 6) is 0.874. The van der Waals surface area contributed by atoms with Crippen molar-refractivity contribution in [2.45, 2.75) is 13.0 Å². The van der Waals surface area contributed by atoms with Crippen LogP contribution in [0.2, 0.25) is 0 Å². The second-order valence-corrected chi connectivity index (χ2v) is 4.41. The van der Waals surface area contributed by atoms with Crippen molar-refractivity contribution in [2.75, 3.05) is 0 Å². The number of aromatic nitrogens is 1. The van der Waals surface area contributed by atoms with Crippen molar-refractivity contribution >= 4 is 10.8 Å². The van der Waals surface area contributed by atoms with Gasteiger partial charge in [0.15, 0.2) is 0 Å². The van der Waals surface area contributed by atoms with Gasteiger partial charge in [0.25, 0.3) is 0 Å². The molecule has 2 heterocycles. The van der Waals surface area contributed by atoms with E-state index in [2.05, 4.69) is 11.1 Å². The highest BCUT2D eigenvalue weighted by Gasteiger charge is 2.13. The Bertz CT molecular complexity index is 682. The number of furan rings is 1. The quantitative estimate of drug-likeness (QED) is 0.746. The normalized spacial score (nSPS) is 12.8. The number of rotatable bonds is 2. The Hall–Kier alpha value is -2.13. The molecule has 2 aromatic heterocycles. The Morgan fingerprint density at radius 3 is 2.94 bits per heavy atom. The van der Waals surface area contributed by atoms with Crippen LogP contribution in [0.15, 0.2) is 53.4 Å². The van der Waals surface area contributed by atoms with E-state index in [1.165, 1.54) is 0 Å². The maximum atomic E-state index is 6.31. The van der Waals surface area contributed by atoms with E-state index in [1.807, 2.05) is 37.4 Å². The zero-order chi connectivity index (χ0) is 12.5. The van der Waals surface area contributed by atoms with E-state index in [0.717, 1.165) is 27.7 Å². The van der Waals surface area contributed by atoms with Gasteiger partial charge >= 0.3 is 0 Å². The van der Waals surface area contributed by atoms with E-state index in [1.54, 1.807) is 12.5 Å². The van der Waals surface area contributed by atoms with Crippen LogP contribution < -0.4 is 5.73 Å². The minimum atomic E-state index is -0.185. The average molecular weight is 238 g/mol. The summed E-state index contributed by atoms with van der Waals surface area (Å²) in [5.41, 5.74) is 8.37. The van der Waals surface area contributed by atoms with Gasteiger partial charge in [-0.3, -0.25) is 4.98 Å². The maximum absolute atomic E-state index is 6.31. The van der Waals surface area contributed by atoms with Crippen molar-refractivity contribution < 1.29 is 4.42 Å². The molecule has 0 aliphatic carbocycles. The van der Waals surface area contributed by atoms with E-state index in [4.69, 9.17) is 10.2 Å². The van der Waals surface area contributed by atoms with E-state index >= 15 is 0 Å². The van der Waals surface area contributed by atoms with Gasteiger partial charge in [-0.15, -0.1) is 0 Å². The number of hydrogen-bond acceptors (Lipinski definition) is 3. The van der Waals surface area contributed by atoms with Gasteiger partial charge in [-0.2, -0.15) is 0 Å². The van der Waals surface area contributed by atoms with E-state index < -0.39 is 0 Å². The largest absolute Gasteiger partial charge is 0.469 e. The molecule has 3 aromatic rings. The van der Waals surface area contributed by atoms with Gasteiger partial charge in [0.2, 0.25) is 0 Å². The van der Waals surface area contributed by atoms with Crippen LogP contribution in [0, 0.1) is 6.92 Å². The summed E-state index contributed by atoms with van der Waals surface area (Å²) >= 11 is 0. The third-order valence-electron chi connectivity index (χ3n) is 3.16. The first-order valence-corrected chi connectivity index (χ1v) is 5.89. The van der Waals surface area contributed by atoms with Crippen LogP contribution in [0.3, 0.4) is 0 Å². The minimum Gasteiger partial charge on any atom is -0.469 e. The fourth-order valence-electron chi connectivity index (χ4n) is 2.21. The van der Waals surface area contributed by atoms with E-state index in [9.17, 15) is 0 Å². The Morgan fingerprint density at radius 2 is 2.17 bits per heavy atom. The molecule has 90 valence electrons. The summed E-state index contributed by atoms with van der Waals surface area (Å²) in [7, 11) is 0. The lowest BCUT2D eigenvalue weighted by molar-refractivity contribution is 0.530. The molecule has 0 radical (unpaired) electrons. The number of hydrogen-bond donors (Lipinski definition) is 1. The van der Waals surface area contributed by atoms with Crippen LogP contribution in [0.5, 0.6) is 0 Å². The molecule has 0 fully saturated rings. The van der Waals surface area contributed by atoms with Gasteiger partial charge in [-0.25, -0.2) is 0 Å². The molecule has 0 spiro atoms. The predicted molar refractivity (Wildman–Crippen MR) is 71.2 cm³/mol. The zero-order valence-electron chi connectivity index (χ0n) is 10.1. The monoisotopic (exact) mass is 238 g/mol. The molecular weight excluding hydrogens is 224 g/mol. The number of nitrogens with two attached hydrogens (primary N) is 1. The van der Waals surface area contributed by atoms with Gasteiger partial charge in [-0.1, -0.05) is 18.2 Å². The molecule has 1 aromatic carbocycles. The molecule has 0 aliphatic heterocycles. The molecule has 0 saturated carbocycles. The predicted octanol–water partition coefficient (Wildman–Crippen LogP) is 3.18. The summed E-state index contributed by atoms with van der Waals surface area (Å²) in [6.07, 6.45) is 5.37. The molecule has 0 bridgehead atoms. The van der Waals surface area contributed by atoms with Crippen molar-refractivity contribution in [1.82, 2.24) is 4.98 Å². The molecule has 2 N–H and O–H groups in total. The highest BCUT2D eigenvalue weighted by molar-refractivity contribution is 5.85. The molecule has 1 unspecified atom stereocenters. The van der Waals surface area contributed by atoms with Crippen LogP contribution in [-0.4, -0.2) is 4.98 Å². The summed E-state index contributed by atoms with van der Waals surface area (Å²) in [5, 5.41) is 2.24. The van der Waals surface area contributed by atoms with Crippen molar-refractivity contribution in [2.24, 2.45) is 5.73 Å². The standard InChI is InChI=1S/C15H14N2O/c1-10-7-12(9-18-10)15(16)13-4-2-3-11-5-6-17-8-14(11)13/h2-9,15H,16H2,1H3. The van der Waals surface area contributed by atoms with E-state index in [0.29, 0.717) is 0 Å². The van der Waals surface area contributed by atoms with Crippen LogP contribution in [0.1, 0.15) is 22.9 Å². The van der Waals surface area contributed by atoms with Gasteiger partial charge in [0.05, 0.1) is 12.3 Å². The Labute approximate surface area is 105 Å². The van der Waals surface area contributed by atoms with Crippen LogP contribution in [-0.2, 0) is 0 Å². The first-order valence-electron chi connectivity index (χ1n) is 5.89. The highest BCUT2D eigenvalue weighted by atomic mass is 16.3. The molecule has 0 saturated heterocycles. The number of pyridine rings is 1. The van der Waals surface area contributed by atoms with Gasteiger partial charge in [0, 0.05) is 23.3 Å². The fraction of sp³-hybridized carbons (Fsp3) is 0.133. The van der Waals surface area contributed by atoms with Crippen LogP contribution in [0.4, 0.5) is 0 Å². The number of nitrogens with zero attached hydrogens (tertiary/aromatic N) is 1. The summed E-state index contributed by atoms with van der Waals surface area (Å²) < 4.78 is 5.32. The van der Waals surface area contributed by atoms with Crippen LogP contribution in [0.25, 0.3) is 10.8 Å².